The summed E-state index contributed by atoms with van der Waals surface area (Å²) in [4.78, 5) is 18.0. The second kappa shape index (κ2) is 5.49. The number of pyridine rings is 1. The van der Waals surface area contributed by atoms with Crippen LogP contribution < -0.4 is 16.2 Å². The monoisotopic (exact) mass is 256 g/mol. The Morgan fingerprint density at radius 3 is 2.79 bits per heavy atom. The van der Waals surface area contributed by atoms with E-state index < -0.39 is 0 Å². The van der Waals surface area contributed by atoms with Gasteiger partial charge in [0.2, 0.25) is 0 Å². The number of hydrazine groups is 1. The molecule has 0 aliphatic heterocycles. The third-order valence-corrected chi connectivity index (χ3v) is 2.84. The zero-order valence-electron chi connectivity index (χ0n) is 10.9. The molecule has 0 saturated heterocycles. The maximum atomic E-state index is 12.3. The molecule has 0 unspecified atom stereocenters. The molecule has 2 rings (SSSR count). The Balaban J connectivity index is 2.28. The van der Waals surface area contributed by atoms with Crippen molar-refractivity contribution in [1.82, 2.24) is 4.98 Å². The van der Waals surface area contributed by atoms with Crippen molar-refractivity contribution in [3.8, 4) is 0 Å². The van der Waals surface area contributed by atoms with Gasteiger partial charge in [-0.2, -0.15) is 0 Å². The fourth-order valence-electron chi connectivity index (χ4n) is 1.76. The van der Waals surface area contributed by atoms with Gasteiger partial charge >= 0.3 is 0 Å². The molecule has 0 spiro atoms. The van der Waals surface area contributed by atoms with Crippen molar-refractivity contribution >= 4 is 17.3 Å². The Morgan fingerprint density at radius 1 is 1.32 bits per heavy atom. The molecule has 1 heterocycles. The number of amides is 1. The molecule has 0 aliphatic rings. The van der Waals surface area contributed by atoms with Crippen molar-refractivity contribution in [3.63, 3.8) is 0 Å². The molecule has 98 valence electrons. The summed E-state index contributed by atoms with van der Waals surface area (Å²) in [7, 11) is 1.72. The Kier molecular flexibility index (Phi) is 3.77. The van der Waals surface area contributed by atoms with Crippen LogP contribution in [0.5, 0.6) is 0 Å². The fraction of sp³-hybridized carbons (Fsp3) is 0.143. The van der Waals surface area contributed by atoms with Gasteiger partial charge in [-0.3, -0.25) is 15.6 Å². The van der Waals surface area contributed by atoms with E-state index in [1.54, 1.807) is 30.3 Å². The Bertz CT molecular complexity index is 598. The third-order valence-electron chi connectivity index (χ3n) is 2.84. The lowest BCUT2D eigenvalue weighted by Gasteiger charge is -2.17. The van der Waals surface area contributed by atoms with Gasteiger partial charge in [0, 0.05) is 18.9 Å². The molecule has 19 heavy (non-hydrogen) atoms. The summed E-state index contributed by atoms with van der Waals surface area (Å²) in [6.45, 7) is 1.99. The van der Waals surface area contributed by atoms with E-state index >= 15 is 0 Å². The molecule has 5 heteroatoms. The quantitative estimate of drug-likeness (QED) is 0.650. The van der Waals surface area contributed by atoms with E-state index in [4.69, 9.17) is 5.84 Å². The van der Waals surface area contributed by atoms with E-state index in [2.05, 4.69) is 10.4 Å². The second-order valence-corrected chi connectivity index (χ2v) is 4.28. The lowest BCUT2D eigenvalue weighted by Crippen LogP contribution is -2.27. The minimum absolute atomic E-state index is 0.178. The number of hydrogen-bond donors (Lipinski definition) is 2. The number of nitrogens with zero attached hydrogens (tertiary/aromatic N) is 2. The summed E-state index contributed by atoms with van der Waals surface area (Å²) < 4.78 is 0. The van der Waals surface area contributed by atoms with Crippen LogP contribution >= 0.6 is 0 Å². The fourth-order valence-corrected chi connectivity index (χ4v) is 1.76. The lowest BCUT2D eigenvalue weighted by atomic mass is 10.2. The molecule has 0 saturated carbocycles. The molecular formula is C14H16N4O. The third kappa shape index (κ3) is 2.89. The lowest BCUT2D eigenvalue weighted by molar-refractivity contribution is 0.0988. The summed E-state index contributed by atoms with van der Waals surface area (Å²) in [5, 5.41) is 0. The molecule has 0 fully saturated rings. The Labute approximate surface area is 112 Å². The van der Waals surface area contributed by atoms with Gasteiger partial charge in [-0.05, 0) is 36.8 Å². The number of carbonyl (C=O) groups excluding carboxylic acids is 1. The maximum absolute atomic E-state index is 12.3. The van der Waals surface area contributed by atoms with Crippen molar-refractivity contribution in [2.24, 2.45) is 5.84 Å². The van der Waals surface area contributed by atoms with Gasteiger partial charge in [-0.15, -0.1) is 0 Å². The summed E-state index contributed by atoms with van der Waals surface area (Å²) in [5.74, 6) is 5.15. The first kappa shape index (κ1) is 13.0. The number of nitrogen functional groups attached to an aromatic ring is 1. The zero-order valence-corrected chi connectivity index (χ0v) is 10.9. The van der Waals surface area contributed by atoms with Crippen LogP contribution in [-0.2, 0) is 0 Å². The summed E-state index contributed by atoms with van der Waals surface area (Å²) in [6, 6.07) is 11.1. The normalized spacial score (nSPS) is 10.1. The van der Waals surface area contributed by atoms with Crippen LogP contribution in [0.2, 0.25) is 0 Å². The number of hydrogen-bond acceptors (Lipinski definition) is 4. The van der Waals surface area contributed by atoms with Gasteiger partial charge in [0.15, 0.2) is 0 Å². The molecule has 0 aliphatic carbocycles. The molecule has 0 radical (unpaired) electrons. The van der Waals surface area contributed by atoms with E-state index in [1.807, 2.05) is 31.2 Å². The molecule has 1 aromatic heterocycles. The standard InChI is InChI=1S/C14H16N4O/c1-10-4-3-5-12(8-10)18(2)14(19)13-9-11(17-15)6-7-16-13/h3-9H,15H2,1-2H3,(H,16,17). The summed E-state index contributed by atoms with van der Waals surface area (Å²) in [6.07, 6.45) is 1.55. The molecule has 1 aromatic carbocycles. The minimum Gasteiger partial charge on any atom is -0.324 e. The highest BCUT2D eigenvalue weighted by Gasteiger charge is 2.15. The smallest absolute Gasteiger partial charge is 0.276 e. The molecule has 0 bridgehead atoms. The van der Waals surface area contributed by atoms with Gasteiger partial charge in [0.05, 0.1) is 5.69 Å². The van der Waals surface area contributed by atoms with Gasteiger partial charge in [0.25, 0.3) is 5.91 Å². The minimum atomic E-state index is -0.178. The number of anilines is 2. The van der Waals surface area contributed by atoms with Crippen LogP contribution in [0.25, 0.3) is 0 Å². The first-order valence-electron chi connectivity index (χ1n) is 5.89. The number of nitrogens with one attached hydrogen (secondary N) is 1. The number of benzene rings is 1. The number of aromatic nitrogens is 1. The predicted octanol–water partition coefficient (Wildman–Crippen LogP) is 1.95. The van der Waals surface area contributed by atoms with E-state index in [1.165, 1.54) is 0 Å². The van der Waals surface area contributed by atoms with E-state index in [0.717, 1.165) is 11.3 Å². The van der Waals surface area contributed by atoms with Gasteiger partial charge < -0.3 is 10.3 Å². The molecule has 3 N–H and O–H groups in total. The SMILES string of the molecule is Cc1cccc(N(C)C(=O)c2cc(NN)ccn2)c1. The summed E-state index contributed by atoms with van der Waals surface area (Å²) >= 11 is 0. The van der Waals surface area contributed by atoms with Gasteiger partial charge in [-0.1, -0.05) is 12.1 Å². The first-order valence-corrected chi connectivity index (χ1v) is 5.89. The molecular weight excluding hydrogens is 240 g/mol. The highest BCUT2D eigenvalue weighted by atomic mass is 16.2. The van der Waals surface area contributed by atoms with Crippen LogP contribution in [-0.4, -0.2) is 17.9 Å². The Hall–Kier alpha value is -2.40. The van der Waals surface area contributed by atoms with Gasteiger partial charge in [-0.25, -0.2) is 0 Å². The first-order chi connectivity index (χ1) is 9.11. The van der Waals surface area contributed by atoms with Crippen LogP contribution in [0.1, 0.15) is 16.1 Å². The van der Waals surface area contributed by atoms with Gasteiger partial charge in [0.1, 0.15) is 5.69 Å². The highest BCUT2D eigenvalue weighted by Crippen LogP contribution is 2.17. The predicted molar refractivity (Wildman–Crippen MR) is 76.0 cm³/mol. The van der Waals surface area contributed by atoms with Crippen molar-refractivity contribution in [3.05, 3.63) is 53.9 Å². The maximum Gasteiger partial charge on any atom is 0.276 e. The van der Waals surface area contributed by atoms with E-state index in [0.29, 0.717) is 11.4 Å². The van der Waals surface area contributed by atoms with Crippen molar-refractivity contribution in [2.45, 2.75) is 6.92 Å². The molecule has 0 atom stereocenters. The van der Waals surface area contributed by atoms with Crippen LogP contribution in [0.4, 0.5) is 11.4 Å². The average Bonchev–Trinajstić information content (AvgIpc) is 2.45. The molecule has 1 amide bonds. The highest BCUT2D eigenvalue weighted by molar-refractivity contribution is 6.04. The van der Waals surface area contributed by atoms with E-state index in [9.17, 15) is 4.79 Å². The summed E-state index contributed by atoms with van der Waals surface area (Å²) in [5.41, 5.74) is 5.43. The Morgan fingerprint density at radius 2 is 2.11 bits per heavy atom. The molecule has 2 aromatic rings. The van der Waals surface area contributed by atoms with Crippen LogP contribution in [0, 0.1) is 6.92 Å². The zero-order chi connectivity index (χ0) is 13.8. The van der Waals surface area contributed by atoms with E-state index in [-0.39, 0.29) is 5.91 Å². The van der Waals surface area contributed by atoms with Crippen LogP contribution in [0.15, 0.2) is 42.6 Å². The number of aryl methyl sites for hydroxylation is 1. The van der Waals surface area contributed by atoms with Crippen molar-refractivity contribution in [2.75, 3.05) is 17.4 Å². The van der Waals surface area contributed by atoms with Crippen molar-refractivity contribution < 1.29 is 4.79 Å². The second-order valence-electron chi connectivity index (χ2n) is 4.28. The molecule has 5 nitrogen and oxygen atoms in total. The average molecular weight is 256 g/mol. The number of nitrogens with two attached hydrogens (primary N) is 1. The largest absolute Gasteiger partial charge is 0.324 e. The topological polar surface area (TPSA) is 71.2 Å². The number of carbonyl (C=O) groups is 1. The van der Waals surface area contributed by atoms with Crippen molar-refractivity contribution in [1.29, 1.82) is 0 Å². The van der Waals surface area contributed by atoms with Crippen LogP contribution in [0.3, 0.4) is 0 Å². The number of rotatable bonds is 3.